The molecule has 0 aromatic heterocycles. The highest BCUT2D eigenvalue weighted by Gasteiger charge is 2.24. The minimum Gasteiger partial charge on any atom is -0.349 e. The number of carbonyl (C=O) groups is 1. The maximum absolute atomic E-state index is 12.5. The van der Waals surface area contributed by atoms with E-state index in [4.69, 9.17) is 0 Å². The second-order valence-corrected chi connectivity index (χ2v) is 8.16. The number of hydrogen-bond donors (Lipinski definition) is 2. The third kappa shape index (κ3) is 5.71. The molecule has 2 atom stereocenters. The van der Waals surface area contributed by atoms with Crippen LogP contribution in [0.2, 0.25) is 0 Å². The molecule has 2 rings (SSSR count). The predicted octanol–water partition coefficient (Wildman–Crippen LogP) is 3.46. The molecule has 0 radical (unpaired) electrons. The van der Waals surface area contributed by atoms with Crippen molar-refractivity contribution < 1.29 is 9.72 Å². The van der Waals surface area contributed by atoms with E-state index in [9.17, 15) is 14.9 Å². The van der Waals surface area contributed by atoms with Crippen LogP contribution in [0.3, 0.4) is 0 Å². The van der Waals surface area contributed by atoms with Gasteiger partial charge in [-0.3, -0.25) is 14.9 Å². The fourth-order valence-electron chi connectivity index (χ4n) is 2.81. The summed E-state index contributed by atoms with van der Waals surface area (Å²) in [4.78, 5) is 24.1. The first-order valence-electron chi connectivity index (χ1n) is 8.81. The van der Waals surface area contributed by atoms with E-state index in [1.54, 1.807) is 12.1 Å². The number of amides is 1. The number of piperidine rings is 1. The summed E-state index contributed by atoms with van der Waals surface area (Å²) < 4.78 is 0. The fraction of sp³-hybridized carbons (Fsp3) is 0.611. The van der Waals surface area contributed by atoms with Crippen molar-refractivity contribution in [2.75, 3.05) is 18.8 Å². The van der Waals surface area contributed by atoms with E-state index in [0.29, 0.717) is 22.3 Å². The summed E-state index contributed by atoms with van der Waals surface area (Å²) in [6.07, 6.45) is 1.87. The molecule has 1 saturated heterocycles. The van der Waals surface area contributed by atoms with Crippen molar-refractivity contribution in [2.45, 2.75) is 44.6 Å². The van der Waals surface area contributed by atoms with Gasteiger partial charge in [0.15, 0.2) is 0 Å². The summed E-state index contributed by atoms with van der Waals surface area (Å²) in [5.74, 6) is 1.50. The van der Waals surface area contributed by atoms with Crippen molar-refractivity contribution in [1.82, 2.24) is 10.6 Å². The molecule has 0 saturated carbocycles. The SMILES string of the molecule is CC(C)CCSc1ccc(C(=O)NC2CCNCC2C)cc1[N+](=O)[O-]. The molecule has 6 nitrogen and oxygen atoms in total. The zero-order valence-corrected chi connectivity index (χ0v) is 15.9. The van der Waals surface area contributed by atoms with E-state index >= 15 is 0 Å². The minimum atomic E-state index is -0.401. The zero-order valence-electron chi connectivity index (χ0n) is 15.1. The first-order chi connectivity index (χ1) is 11.9. The second kappa shape index (κ2) is 9.20. The maximum Gasteiger partial charge on any atom is 0.283 e. The first-order valence-corrected chi connectivity index (χ1v) is 9.80. The zero-order chi connectivity index (χ0) is 18.4. The maximum atomic E-state index is 12.5. The molecule has 0 spiro atoms. The number of nitro benzene ring substituents is 1. The Kier molecular flexibility index (Phi) is 7.25. The van der Waals surface area contributed by atoms with Crippen molar-refractivity contribution >= 4 is 23.4 Å². The Morgan fingerprint density at radius 2 is 2.24 bits per heavy atom. The molecule has 7 heteroatoms. The van der Waals surface area contributed by atoms with Gasteiger partial charge in [0.25, 0.3) is 11.6 Å². The third-order valence-electron chi connectivity index (χ3n) is 4.47. The van der Waals surface area contributed by atoms with Gasteiger partial charge in [-0.15, -0.1) is 11.8 Å². The quantitative estimate of drug-likeness (QED) is 0.439. The van der Waals surface area contributed by atoms with Gasteiger partial charge in [-0.25, -0.2) is 0 Å². The topological polar surface area (TPSA) is 84.3 Å². The van der Waals surface area contributed by atoms with Crippen molar-refractivity contribution in [3.63, 3.8) is 0 Å². The lowest BCUT2D eigenvalue weighted by Gasteiger charge is -2.30. The summed E-state index contributed by atoms with van der Waals surface area (Å²) in [6, 6.07) is 4.89. The average molecular weight is 365 g/mol. The minimum absolute atomic E-state index is 0.0137. The Morgan fingerprint density at radius 3 is 2.88 bits per heavy atom. The molecule has 1 aromatic carbocycles. The molecule has 0 aliphatic carbocycles. The highest BCUT2D eigenvalue weighted by molar-refractivity contribution is 7.99. The van der Waals surface area contributed by atoms with Crippen molar-refractivity contribution in [3.8, 4) is 0 Å². The van der Waals surface area contributed by atoms with E-state index in [-0.39, 0.29) is 17.6 Å². The van der Waals surface area contributed by atoms with E-state index in [0.717, 1.165) is 31.7 Å². The average Bonchev–Trinajstić information content (AvgIpc) is 2.56. The van der Waals surface area contributed by atoms with E-state index < -0.39 is 4.92 Å². The van der Waals surface area contributed by atoms with Crippen LogP contribution in [0.5, 0.6) is 0 Å². The Bertz CT molecular complexity index is 622. The predicted molar refractivity (Wildman–Crippen MR) is 101 cm³/mol. The van der Waals surface area contributed by atoms with Crippen LogP contribution in [0, 0.1) is 22.0 Å². The number of nitrogens with zero attached hydrogens (tertiary/aromatic N) is 1. The van der Waals surface area contributed by atoms with Crippen LogP contribution in [0.15, 0.2) is 23.1 Å². The first kappa shape index (κ1) is 19.7. The van der Waals surface area contributed by atoms with Crippen LogP contribution in [0.1, 0.15) is 44.0 Å². The van der Waals surface area contributed by atoms with E-state index in [1.807, 2.05) is 0 Å². The van der Waals surface area contributed by atoms with Crippen LogP contribution in [-0.2, 0) is 0 Å². The fourth-order valence-corrected chi connectivity index (χ4v) is 4.06. The summed E-state index contributed by atoms with van der Waals surface area (Å²) in [7, 11) is 0. The molecule has 2 unspecified atom stereocenters. The van der Waals surface area contributed by atoms with Gasteiger partial charge in [0.1, 0.15) is 0 Å². The number of thioether (sulfide) groups is 1. The van der Waals surface area contributed by atoms with Crippen LogP contribution in [-0.4, -0.2) is 35.7 Å². The van der Waals surface area contributed by atoms with Crippen molar-refractivity contribution in [3.05, 3.63) is 33.9 Å². The summed E-state index contributed by atoms with van der Waals surface area (Å²) in [5, 5.41) is 17.7. The summed E-state index contributed by atoms with van der Waals surface area (Å²) in [5.41, 5.74) is 0.366. The Hall–Kier alpha value is -1.60. The number of nitro groups is 1. The second-order valence-electron chi connectivity index (χ2n) is 7.02. The summed E-state index contributed by atoms with van der Waals surface area (Å²) >= 11 is 1.48. The van der Waals surface area contributed by atoms with Crippen LogP contribution >= 0.6 is 11.8 Å². The van der Waals surface area contributed by atoms with E-state index in [2.05, 4.69) is 31.4 Å². The monoisotopic (exact) mass is 365 g/mol. The number of benzene rings is 1. The van der Waals surface area contributed by atoms with Gasteiger partial charge in [-0.05, 0) is 55.7 Å². The van der Waals surface area contributed by atoms with Crippen molar-refractivity contribution in [1.29, 1.82) is 0 Å². The molecule has 1 fully saturated rings. The Balaban J connectivity index is 2.08. The molecule has 1 aromatic rings. The Morgan fingerprint density at radius 1 is 1.48 bits per heavy atom. The summed E-state index contributed by atoms with van der Waals surface area (Å²) in [6.45, 7) is 8.10. The smallest absolute Gasteiger partial charge is 0.283 e. The third-order valence-corrected chi connectivity index (χ3v) is 5.57. The molecular formula is C18H27N3O3S. The number of nitrogens with one attached hydrogen (secondary N) is 2. The van der Waals surface area contributed by atoms with Crippen LogP contribution in [0.25, 0.3) is 0 Å². The van der Waals surface area contributed by atoms with Gasteiger partial charge in [0.2, 0.25) is 0 Å². The number of carbonyl (C=O) groups excluding carboxylic acids is 1. The molecule has 1 aliphatic rings. The van der Waals surface area contributed by atoms with Gasteiger partial charge < -0.3 is 10.6 Å². The lowest BCUT2D eigenvalue weighted by atomic mass is 9.95. The standard InChI is InChI=1S/C18H27N3O3S/c1-12(2)7-9-25-17-5-4-14(10-16(17)21(23)24)18(22)20-15-6-8-19-11-13(15)3/h4-5,10,12-13,15,19H,6-9,11H2,1-3H3,(H,20,22). The highest BCUT2D eigenvalue weighted by atomic mass is 32.2. The number of hydrogen-bond acceptors (Lipinski definition) is 5. The van der Waals surface area contributed by atoms with Gasteiger partial charge in [-0.1, -0.05) is 20.8 Å². The molecule has 1 aliphatic heterocycles. The van der Waals surface area contributed by atoms with E-state index in [1.165, 1.54) is 17.8 Å². The highest BCUT2D eigenvalue weighted by Crippen LogP contribution is 2.31. The molecular weight excluding hydrogens is 338 g/mol. The van der Waals surface area contributed by atoms with Gasteiger partial charge in [0, 0.05) is 17.7 Å². The molecule has 2 N–H and O–H groups in total. The molecule has 1 amide bonds. The molecule has 25 heavy (non-hydrogen) atoms. The van der Waals surface area contributed by atoms with Gasteiger partial charge in [-0.2, -0.15) is 0 Å². The molecule has 1 heterocycles. The molecule has 0 bridgehead atoms. The molecule has 138 valence electrons. The van der Waals surface area contributed by atoms with Gasteiger partial charge >= 0.3 is 0 Å². The Labute approximate surface area is 153 Å². The van der Waals surface area contributed by atoms with Crippen LogP contribution < -0.4 is 10.6 Å². The number of rotatable bonds is 7. The normalized spacial score (nSPS) is 20.5. The van der Waals surface area contributed by atoms with Crippen molar-refractivity contribution in [2.24, 2.45) is 11.8 Å². The van der Waals surface area contributed by atoms with Gasteiger partial charge in [0.05, 0.1) is 9.82 Å². The van der Waals surface area contributed by atoms with Crippen LogP contribution in [0.4, 0.5) is 5.69 Å². The lowest BCUT2D eigenvalue weighted by Crippen LogP contribution is -2.48. The lowest BCUT2D eigenvalue weighted by molar-refractivity contribution is -0.387. The largest absolute Gasteiger partial charge is 0.349 e.